The minimum Gasteiger partial charge on any atom is -0.396 e. The van der Waals surface area contributed by atoms with E-state index in [0.29, 0.717) is 18.6 Å². The van der Waals surface area contributed by atoms with Crippen LogP contribution in [0.2, 0.25) is 0 Å². The van der Waals surface area contributed by atoms with Crippen molar-refractivity contribution >= 4 is 0 Å². The molecule has 1 heterocycles. The fourth-order valence-corrected chi connectivity index (χ4v) is 2.60. The maximum Gasteiger partial charge on any atom is 0.0434 e. The third kappa shape index (κ3) is 7.09. The number of aliphatic hydroxyl groups excluding tert-OH is 1. The van der Waals surface area contributed by atoms with Gasteiger partial charge < -0.3 is 10.4 Å². The highest BCUT2D eigenvalue weighted by molar-refractivity contribution is 4.95. The molecule has 0 aromatic heterocycles. The van der Waals surface area contributed by atoms with Gasteiger partial charge >= 0.3 is 0 Å². The smallest absolute Gasteiger partial charge is 0.0434 e. The van der Waals surface area contributed by atoms with E-state index in [2.05, 4.69) is 37.1 Å². The molecular formula is C16H32N2O. The lowest BCUT2D eigenvalue weighted by molar-refractivity contribution is 0.203. The Morgan fingerprint density at radius 3 is 2.58 bits per heavy atom. The minimum atomic E-state index is 0.321. The Hall–Kier alpha value is -0.380. The molecule has 2 N–H and O–H groups in total. The van der Waals surface area contributed by atoms with Gasteiger partial charge in [-0.1, -0.05) is 25.0 Å². The summed E-state index contributed by atoms with van der Waals surface area (Å²) < 4.78 is 0. The molecule has 0 aliphatic carbocycles. The van der Waals surface area contributed by atoms with E-state index in [1.54, 1.807) is 0 Å². The quantitative estimate of drug-likeness (QED) is 0.664. The summed E-state index contributed by atoms with van der Waals surface area (Å²) in [6.07, 6.45) is 6.93. The van der Waals surface area contributed by atoms with E-state index in [1.807, 2.05) is 0 Å². The molecule has 112 valence electrons. The summed E-state index contributed by atoms with van der Waals surface area (Å²) in [5.41, 5.74) is 1.41. The number of hydrogen-bond donors (Lipinski definition) is 2. The van der Waals surface area contributed by atoms with Gasteiger partial charge in [0.15, 0.2) is 0 Å². The SMILES string of the molecule is CCC(CCO)CNC1CCN(CC=C(C)C)CC1. The van der Waals surface area contributed by atoms with Crippen molar-refractivity contribution < 1.29 is 5.11 Å². The molecule has 0 aromatic rings. The van der Waals surface area contributed by atoms with Gasteiger partial charge in [0.2, 0.25) is 0 Å². The third-order valence-electron chi connectivity index (χ3n) is 4.16. The number of hydrogen-bond acceptors (Lipinski definition) is 3. The molecule has 1 saturated heterocycles. The van der Waals surface area contributed by atoms with E-state index in [0.717, 1.165) is 25.9 Å². The topological polar surface area (TPSA) is 35.5 Å². The van der Waals surface area contributed by atoms with E-state index in [4.69, 9.17) is 5.11 Å². The summed E-state index contributed by atoms with van der Waals surface area (Å²) >= 11 is 0. The van der Waals surface area contributed by atoms with Crippen LogP contribution in [0.4, 0.5) is 0 Å². The van der Waals surface area contributed by atoms with E-state index in [1.165, 1.54) is 31.5 Å². The average molecular weight is 268 g/mol. The maximum absolute atomic E-state index is 9.00. The number of piperidine rings is 1. The first-order chi connectivity index (χ1) is 9.15. The number of allylic oxidation sites excluding steroid dienone is 1. The largest absolute Gasteiger partial charge is 0.396 e. The van der Waals surface area contributed by atoms with E-state index in [9.17, 15) is 0 Å². The molecule has 1 rings (SSSR count). The normalized spacial score (nSPS) is 19.4. The number of aliphatic hydroxyl groups is 1. The third-order valence-corrected chi connectivity index (χ3v) is 4.16. The summed E-state index contributed by atoms with van der Waals surface area (Å²) in [7, 11) is 0. The molecule has 3 heteroatoms. The molecule has 0 amide bonds. The summed E-state index contributed by atoms with van der Waals surface area (Å²) in [5.74, 6) is 0.633. The summed E-state index contributed by atoms with van der Waals surface area (Å²) in [5, 5.41) is 12.7. The van der Waals surface area contributed by atoms with E-state index >= 15 is 0 Å². The van der Waals surface area contributed by atoms with Gasteiger partial charge in [-0.2, -0.15) is 0 Å². The lowest BCUT2D eigenvalue weighted by Crippen LogP contribution is -2.43. The molecule has 0 spiro atoms. The summed E-state index contributed by atoms with van der Waals surface area (Å²) in [6.45, 7) is 11.5. The number of likely N-dealkylation sites (tertiary alicyclic amines) is 1. The highest BCUT2D eigenvalue weighted by Crippen LogP contribution is 2.12. The van der Waals surface area contributed by atoms with Gasteiger partial charge in [-0.15, -0.1) is 0 Å². The fourth-order valence-electron chi connectivity index (χ4n) is 2.60. The van der Waals surface area contributed by atoms with Crippen LogP contribution in [0.25, 0.3) is 0 Å². The van der Waals surface area contributed by atoms with Gasteiger partial charge in [-0.25, -0.2) is 0 Å². The molecule has 1 unspecified atom stereocenters. The van der Waals surface area contributed by atoms with Crippen LogP contribution in [-0.2, 0) is 0 Å². The van der Waals surface area contributed by atoms with Crippen LogP contribution in [-0.4, -0.2) is 48.8 Å². The molecule has 0 radical (unpaired) electrons. The van der Waals surface area contributed by atoms with Crippen molar-refractivity contribution in [2.75, 3.05) is 32.8 Å². The predicted octanol–water partition coefficient (Wildman–Crippen LogP) is 2.42. The van der Waals surface area contributed by atoms with Crippen molar-refractivity contribution in [1.29, 1.82) is 0 Å². The Labute approximate surface area is 119 Å². The van der Waals surface area contributed by atoms with Crippen molar-refractivity contribution in [3.8, 4) is 0 Å². The van der Waals surface area contributed by atoms with Crippen LogP contribution in [0.1, 0.15) is 46.5 Å². The zero-order valence-electron chi connectivity index (χ0n) is 13.0. The van der Waals surface area contributed by atoms with Gasteiger partial charge in [0.25, 0.3) is 0 Å². The van der Waals surface area contributed by atoms with Crippen molar-refractivity contribution in [3.05, 3.63) is 11.6 Å². The highest BCUT2D eigenvalue weighted by atomic mass is 16.3. The van der Waals surface area contributed by atoms with Crippen LogP contribution in [0.5, 0.6) is 0 Å². The van der Waals surface area contributed by atoms with Crippen LogP contribution >= 0.6 is 0 Å². The van der Waals surface area contributed by atoms with Crippen LogP contribution < -0.4 is 5.32 Å². The molecule has 1 fully saturated rings. The van der Waals surface area contributed by atoms with Crippen molar-refractivity contribution in [2.24, 2.45) is 5.92 Å². The fraction of sp³-hybridized carbons (Fsp3) is 0.875. The van der Waals surface area contributed by atoms with Gasteiger partial charge in [0.1, 0.15) is 0 Å². The van der Waals surface area contributed by atoms with Crippen LogP contribution in [0.3, 0.4) is 0 Å². The predicted molar refractivity (Wildman–Crippen MR) is 82.4 cm³/mol. The molecule has 0 saturated carbocycles. The lowest BCUT2D eigenvalue weighted by Gasteiger charge is -2.32. The average Bonchev–Trinajstić information content (AvgIpc) is 2.42. The molecule has 0 aromatic carbocycles. The van der Waals surface area contributed by atoms with E-state index in [-0.39, 0.29) is 0 Å². The zero-order chi connectivity index (χ0) is 14.1. The lowest BCUT2D eigenvalue weighted by atomic mass is 10.00. The van der Waals surface area contributed by atoms with E-state index < -0.39 is 0 Å². The molecule has 19 heavy (non-hydrogen) atoms. The van der Waals surface area contributed by atoms with Crippen molar-refractivity contribution in [3.63, 3.8) is 0 Å². The molecule has 1 aliphatic rings. The van der Waals surface area contributed by atoms with Gasteiger partial charge in [-0.05, 0) is 58.7 Å². The van der Waals surface area contributed by atoms with Crippen molar-refractivity contribution in [2.45, 2.75) is 52.5 Å². The Morgan fingerprint density at radius 2 is 2.05 bits per heavy atom. The summed E-state index contributed by atoms with van der Waals surface area (Å²) in [4.78, 5) is 2.54. The minimum absolute atomic E-state index is 0.321. The molecule has 1 atom stereocenters. The van der Waals surface area contributed by atoms with Gasteiger partial charge in [0, 0.05) is 19.2 Å². The van der Waals surface area contributed by atoms with Crippen LogP contribution in [0, 0.1) is 5.92 Å². The number of nitrogens with one attached hydrogen (secondary N) is 1. The second-order valence-electron chi connectivity index (χ2n) is 6.05. The molecule has 1 aliphatic heterocycles. The Bertz CT molecular complexity index is 253. The highest BCUT2D eigenvalue weighted by Gasteiger charge is 2.18. The standard InChI is InChI=1S/C16H32N2O/c1-4-15(8-12-19)13-17-16-6-10-18(11-7-16)9-5-14(2)3/h5,15-17,19H,4,6-13H2,1-3H3. The zero-order valence-corrected chi connectivity index (χ0v) is 13.0. The van der Waals surface area contributed by atoms with Crippen molar-refractivity contribution in [1.82, 2.24) is 10.2 Å². The second-order valence-corrected chi connectivity index (χ2v) is 6.05. The monoisotopic (exact) mass is 268 g/mol. The first-order valence-electron chi connectivity index (χ1n) is 7.85. The number of nitrogens with zero attached hydrogens (tertiary/aromatic N) is 1. The first-order valence-corrected chi connectivity index (χ1v) is 7.85. The van der Waals surface area contributed by atoms with Crippen LogP contribution in [0.15, 0.2) is 11.6 Å². The Kier molecular flexibility index (Phi) is 8.35. The Morgan fingerprint density at radius 1 is 1.37 bits per heavy atom. The molecule has 0 bridgehead atoms. The molecular weight excluding hydrogens is 236 g/mol. The Balaban J connectivity index is 2.17. The first kappa shape index (κ1) is 16.7. The number of rotatable bonds is 8. The van der Waals surface area contributed by atoms with Gasteiger partial charge in [-0.3, -0.25) is 4.90 Å². The molecule has 3 nitrogen and oxygen atoms in total. The second kappa shape index (κ2) is 9.51. The van der Waals surface area contributed by atoms with Gasteiger partial charge in [0.05, 0.1) is 0 Å². The maximum atomic E-state index is 9.00. The summed E-state index contributed by atoms with van der Waals surface area (Å²) in [6, 6.07) is 0.677.